The number of ketones is 1. The monoisotopic (exact) mass is 415 g/mol. The molecule has 2 rings (SSSR count). The van der Waals surface area contributed by atoms with Gasteiger partial charge in [0.15, 0.2) is 12.4 Å². The number of ether oxygens (including phenoxy) is 1. The van der Waals surface area contributed by atoms with E-state index in [1.165, 1.54) is 0 Å². The highest BCUT2D eigenvalue weighted by Crippen LogP contribution is 2.14. The lowest BCUT2D eigenvalue weighted by molar-refractivity contribution is -0.146. The molecule has 2 aromatic carbocycles. The average molecular weight is 416 g/mol. The Kier molecular flexibility index (Phi) is 8.40. The SMILES string of the molecule is CCc1ccc(C(=O)COC(=O)[C@H](NC(=O)c2ccc(Cl)cc2)[C@@H](C)CC)cc1. The van der Waals surface area contributed by atoms with Gasteiger partial charge in [0.25, 0.3) is 5.91 Å². The second-order valence-corrected chi connectivity index (χ2v) is 7.36. The van der Waals surface area contributed by atoms with E-state index in [0.717, 1.165) is 12.0 Å². The highest BCUT2D eigenvalue weighted by molar-refractivity contribution is 6.30. The van der Waals surface area contributed by atoms with Gasteiger partial charge in [-0.05, 0) is 42.2 Å². The quantitative estimate of drug-likeness (QED) is 0.484. The minimum Gasteiger partial charge on any atom is -0.456 e. The van der Waals surface area contributed by atoms with E-state index in [9.17, 15) is 14.4 Å². The number of halogens is 1. The van der Waals surface area contributed by atoms with Crippen LogP contribution in [-0.4, -0.2) is 30.3 Å². The lowest BCUT2D eigenvalue weighted by Gasteiger charge is -2.22. The van der Waals surface area contributed by atoms with E-state index in [2.05, 4.69) is 5.32 Å². The first-order valence-corrected chi connectivity index (χ1v) is 10.1. The van der Waals surface area contributed by atoms with Crippen molar-refractivity contribution in [1.29, 1.82) is 0 Å². The number of carbonyl (C=O) groups excluding carboxylic acids is 3. The molecule has 0 aliphatic rings. The van der Waals surface area contributed by atoms with Crippen LogP contribution in [0.3, 0.4) is 0 Å². The molecule has 0 saturated heterocycles. The molecule has 1 amide bonds. The summed E-state index contributed by atoms with van der Waals surface area (Å²) >= 11 is 5.85. The van der Waals surface area contributed by atoms with Gasteiger partial charge < -0.3 is 10.1 Å². The number of rotatable bonds is 9. The number of carbonyl (C=O) groups is 3. The largest absolute Gasteiger partial charge is 0.456 e. The summed E-state index contributed by atoms with van der Waals surface area (Å²) in [6.45, 7) is 5.43. The van der Waals surface area contributed by atoms with Crippen molar-refractivity contribution in [2.75, 3.05) is 6.61 Å². The molecule has 5 nitrogen and oxygen atoms in total. The van der Waals surface area contributed by atoms with Gasteiger partial charge in [-0.25, -0.2) is 4.79 Å². The molecule has 2 aromatic rings. The molecule has 0 fully saturated rings. The molecule has 29 heavy (non-hydrogen) atoms. The molecule has 1 N–H and O–H groups in total. The summed E-state index contributed by atoms with van der Waals surface area (Å²) in [5.74, 6) is -1.46. The number of benzene rings is 2. The van der Waals surface area contributed by atoms with Crippen LogP contribution in [0.2, 0.25) is 5.02 Å². The first-order chi connectivity index (χ1) is 13.8. The highest BCUT2D eigenvalue weighted by Gasteiger charge is 2.28. The van der Waals surface area contributed by atoms with Gasteiger partial charge in [-0.3, -0.25) is 9.59 Å². The Bertz CT molecular complexity index is 846. The summed E-state index contributed by atoms with van der Waals surface area (Å²) in [7, 11) is 0. The zero-order valence-corrected chi connectivity index (χ0v) is 17.7. The molecule has 0 aliphatic heterocycles. The Morgan fingerprint density at radius 3 is 2.10 bits per heavy atom. The van der Waals surface area contributed by atoms with Crippen LogP contribution in [0.25, 0.3) is 0 Å². The van der Waals surface area contributed by atoms with Crippen LogP contribution < -0.4 is 5.32 Å². The molecule has 0 radical (unpaired) electrons. The molecule has 6 heteroatoms. The zero-order valence-electron chi connectivity index (χ0n) is 16.9. The van der Waals surface area contributed by atoms with Crippen molar-refractivity contribution in [2.45, 2.75) is 39.7 Å². The van der Waals surface area contributed by atoms with Gasteiger partial charge in [0, 0.05) is 16.1 Å². The molecule has 0 unspecified atom stereocenters. The van der Waals surface area contributed by atoms with Crippen LogP contribution >= 0.6 is 11.6 Å². The van der Waals surface area contributed by atoms with Crippen LogP contribution in [0.4, 0.5) is 0 Å². The molecule has 154 valence electrons. The smallest absolute Gasteiger partial charge is 0.329 e. The Labute approximate surface area is 176 Å². The van der Waals surface area contributed by atoms with Gasteiger partial charge >= 0.3 is 5.97 Å². The van der Waals surface area contributed by atoms with Crippen molar-refractivity contribution in [2.24, 2.45) is 5.92 Å². The fraction of sp³-hybridized carbons (Fsp3) is 0.348. The van der Waals surface area contributed by atoms with Gasteiger partial charge in [-0.1, -0.05) is 63.1 Å². The third kappa shape index (κ3) is 6.43. The maximum atomic E-state index is 12.6. The van der Waals surface area contributed by atoms with E-state index in [1.54, 1.807) is 36.4 Å². The first kappa shape index (κ1) is 22.6. The maximum Gasteiger partial charge on any atom is 0.329 e. The van der Waals surface area contributed by atoms with Crippen molar-refractivity contribution in [3.8, 4) is 0 Å². The topological polar surface area (TPSA) is 72.5 Å². The molecule has 0 bridgehead atoms. The second-order valence-electron chi connectivity index (χ2n) is 6.92. The van der Waals surface area contributed by atoms with Crippen LogP contribution in [0.15, 0.2) is 48.5 Å². The Morgan fingerprint density at radius 1 is 0.966 bits per heavy atom. The predicted molar refractivity (Wildman–Crippen MR) is 113 cm³/mol. The Morgan fingerprint density at radius 2 is 1.55 bits per heavy atom. The van der Waals surface area contributed by atoms with E-state index in [4.69, 9.17) is 16.3 Å². The molecular weight excluding hydrogens is 390 g/mol. The first-order valence-electron chi connectivity index (χ1n) is 9.70. The van der Waals surface area contributed by atoms with Crippen molar-refractivity contribution in [3.05, 3.63) is 70.2 Å². The van der Waals surface area contributed by atoms with Crippen LogP contribution in [0.5, 0.6) is 0 Å². The fourth-order valence-electron chi connectivity index (χ4n) is 2.73. The van der Waals surface area contributed by atoms with Gasteiger partial charge in [-0.2, -0.15) is 0 Å². The number of hydrogen-bond donors (Lipinski definition) is 1. The summed E-state index contributed by atoms with van der Waals surface area (Å²) in [4.78, 5) is 37.4. The number of nitrogens with one attached hydrogen (secondary N) is 1. The maximum absolute atomic E-state index is 12.6. The van der Waals surface area contributed by atoms with Crippen molar-refractivity contribution in [3.63, 3.8) is 0 Å². The third-order valence-corrected chi connectivity index (χ3v) is 5.14. The van der Waals surface area contributed by atoms with Crippen molar-refractivity contribution >= 4 is 29.3 Å². The number of hydrogen-bond acceptors (Lipinski definition) is 4. The summed E-state index contributed by atoms with van der Waals surface area (Å²) in [6.07, 6.45) is 1.54. The van der Waals surface area contributed by atoms with Gasteiger partial charge in [0.05, 0.1) is 0 Å². The van der Waals surface area contributed by atoms with Crippen LogP contribution in [-0.2, 0) is 16.0 Å². The van der Waals surface area contributed by atoms with Gasteiger partial charge in [0.2, 0.25) is 0 Å². The third-order valence-electron chi connectivity index (χ3n) is 4.89. The summed E-state index contributed by atoms with van der Waals surface area (Å²) in [5, 5.41) is 3.23. The van der Waals surface area contributed by atoms with Gasteiger partial charge in [-0.15, -0.1) is 0 Å². The van der Waals surface area contributed by atoms with Crippen LogP contribution in [0, 0.1) is 5.92 Å². The fourth-order valence-corrected chi connectivity index (χ4v) is 2.86. The normalized spacial score (nSPS) is 12.7. The van der Waals surface area contributed by atoms with Gasteiger partial charge in [0.1, 0.15) is 6.04 Å². The standard InChI is InChI=1S/C23H26ClNO4/c1-4-15(3)21(25-22(27)18-10-12-19(24)13-11-18)23(28)29-14-20(26)17-8-6-16(5-2)7-9-17/h6-13,15,21H,4-5,14H2,1-3H3,(H,25,27)/t15-,21+/m0/s1. The van der Waals surface area contributed by atoms with Crippen LogP contribution in [0.1, 0.15) is 53.5 Å². The molecular formula is C23H26ClNO4. The van der Waals surface area contributed by atoms with E-state index in [0.29, 0.717) is 22.6 Å². The number of amides is 1. The summed E-state index contributed by atoms with van der Waals surface area (Å²) in [5.41, 5.74) is 2.00. The average Bonchev–Trinajstić information content (AvgIpc) is 2.75. The Balaban J connectivity index is 2.01. The van der Waals surface area contributed by atoms with E-state index < -0.39 is 17.9 Å². The molecule has 0 spiro atoms. The number of Topliss-reactive ketones (excluding diaryl/α,β-unsaturated/α-hetero) is 1. The van der Waals surface area contributed by atoms with E-state index in [1.807, 2.05) is 32.9 Å². The molecule has 0 heterocycles. The van der Waals surface area contributed by atoms with E-state index in [-0.39, 0.29) is 18.3 Å². The lowest BCUT2D eigenvalue weighted by Crippen LogP contribution is -2.46. The summed E-state index contributed by atoms with van der Waals surface area (Å²) in [6, 6.07) is 12.7. The molecule has 2 atom stereocenters. The lowest BCUT2D eigenvalue weighted by atomic mass is 9.98. The Hall–Kier alpha value is -2.66. The molecule has 0 aromatic heterocycles. The van der Waals surface area contributed by atoms with E-state index >= 15 is 0 Å². The minimum atomic E-state index is -0.849. The predicted octanol–water partition coefficient (Wildman–Crippen LogP) is 4.47. The van der Waals surface area contributed by atoms with Crippen molar-refractivity contribution in [1.82, 2.24) is 5.32 Å². The molecule has 0 saturated carbocycles. The number of esters is 1. The molecule has 0 aliphatic carbocycles. The second kappa shape index (κ2) is 10.8. The van der Waals surface area contributed by atoms with Crippen molar-refractivity contribution < 1.29 is 19.1 Å². The zero-order chi connectivity index (χ0) is 21.4. The summed E-state index contributed by atoms with van der Waals surface area (Å²) < 4.78 is 5.23. The highest BCUT2D eigenvalue weighted by atomic mass is 35.5. The number of aryl methyl sites for hydroxylation is 1. The minimum absolute atomic E-state index is 0.155.